The molecule has 0 aliphatic carbocycles. The van der Waals surface area contributed by atoms with Crippen molar-refractivity contribution in [1.29, 1.82) is 0 Å². The largest absolute Gasteiger partial charge is 0.386 e. The molecule has 0 aromatic carbocycles. The quantitative estimate of drug-likeness (QED) is 0.562. The minimum Gasteiger partial charge on any atom is -0.386 e. The Kier molecular flexibility index (Phi) is 3.72. The van der Waals surface area contributed by atoms with Gasteiger partial charge < -0.3 is 11.7 Å². The van der Waals surface area contributed by atoms with Gasteiger partial charge in [-0.05, 0) is 0 Å². The van der Waals surface area contributed by atoms with Gasteiger partial charge in [-0.3, -0.25) is 0 Å². The molecular formula is C6H11OY-. The van der Waals surface area contributed by atoms with E-state index in [2.05, 4.69) is 13.8 Å². The second-order valence-corrected chi connectivity index (χ2v) is 2.35. The van der Waals surface area contributed by atoms with Gasteiger partial charge in [0.25, 0.3) is 0 Å². The Hall–Kier alpha value is 1.06. The molecule has 0 unspecified atom stereocenters. The fraction of sp³-hybridized carbons (Fsp3) is 0.833. The molecule has 1 aliphatic heterocycles. The van der Waals surface area contributed by atoms with Crippen molar-refractivity contribution in [3.63, 3.8) is 0 Å². The zero-order valence-electron chi connectivity index (χ0n) is 5.31. The molecule has 1 rings (SSSR count). The summed E-state index contributed by atoms with van der Waals surface area (Å²) in [4.78, 5) is 0. The fourth-order valence-electron chi connectivity index (χ4n) is 0.595. The first-order valence-corrected chi connectivity index (χ1v) is 2.70. The van der Waals surface area contributed by atoms with Crippen molar-refractivity contribution in [1.82, 2.24) is 0 Å². The predicted octanol–water partition coefficient (Wildman–Crippen LogP) is 1.24. The molecule has 1 nitrogen and oxygen atoms in total. The summed E-state index contributed by atoms with van der Waals surface area (Å²) in [6.45, 7) is 7.85. The van der Waals surface area contributed by atoms with Crippen molar-refractivity contribution in [2.45, 2.75) is 13.3 Å². The summed E-state index contributed by atoms with van der Waals surface area (Å²) in [6, 6.07) is 0. The van der Waals surface area contributed by atoms with E-state index in [1.165, 1.54) is 0 Å². The summed E-state index contributed by atoms with van der Waals surface area (Å²) < 4.78 is 4.97. The molecular weight excluding hydrogens is 177 g/mol. The molecule has 0 N–H and O–H groups in total. The van der Waals surface area contributed by atoms with Crippen molar-refractivity contribution in [3.8, 4) is 0 Å². The van der Waals surface area contributed by atoms with Gasteiger partial charge in [0.1, 0.15) is 0 Å². The van der Waals surface area contributed by atoms with Gasteiger partial charge in [0, 0.05) is 45.9 Å². The van der Waals surface area contributed by atoms with E-state index in [0.29, 0.717) is 5.41 Å². The molecule has 0 atom stereocenters. The van der Waals surface area contributed by atoms with Crippen LogP contribution in [0.15, 0.2) is 0 Å². The maximum atomic E-state index is 4.97. The topological polar surface area (TPSA) is 9.23 Å². The van der Waals surface area contributed by atoms with Gasteiger partial charge in [0.15, 0.2) is 0 Å². The molecule has 2 heteroatoms. The van der Waals surface area contributed by atoms with Gasteiger partial charge in [-0.1, -0.05) is 13.3 Å². The molecule has 1 radical (unpaired) electrons. The summed E-state index contributed by atoms with van der Waals surface area (Å²) in [5, 5.41) is 0. The monoisotopic (exact) mass is 188 g/mol. The molecule has 1 saturated heterocycles. The summed E-state index contributed by atoms with van der Waals surface area (Å²) >= 11 is 0. The maximum absolute atomic E-state index is 4.97. The first-order chi connectivity index (χ1) is 3.27. The van der Waals surface area contributed by atoms with Crippen LogP contribution < -0.4 is 0 Å². The van der Waals surface area contributed by atoms with Crippen molar-refractivity contribution in [2.75, 3.05) is 13.2 Å². The summed E-state index contributed by atoms with van der Waals surface area (Å²) in [5.74, 6) is 0. The SMILES string of the molecule is [CH2-]C1(CC)COC1.[Y]. The molecule has 1 aliphatic rings. The van der Waals surface area contributed by atoms with Crippen LogP contribution in [0.2, 0.25) is 0 Å². The van der Waals surface area contributed by atoms with Crippen LogP contribution in [0.3, 0.4) is 0 Å². The minimum atomic E-state index is 0. The molecule has 0 saturated carbocycles. The summed E-state index contributed by atoms with van der Waals surface area (Å²) in [5.41, 5.74) is 0.292. The number of hydrogen-bond acceptors (Lipinski definition) is 1. The Balaban J connectivity index is 0.000000490. The van der Waals surface area contributed by atoms with E-state index in [0.717, 1.165) is 19.6 Å². The Morgan fingerprint density at radius 2 is 2.12 bits per heavy atom. The third-order valence-corrected chi connectivity index (χ3v) is 1.57. The molecule has 0 spiro atoms. The van der Waals surface area contributed by atoms with E-state index < -0.39 is 0 Å². The van der Waals surface area contributed by atoms with E-state index in [1.807, 2.05) is 0 Å². The average Bonchev–Trinajstić information content (AvgIpc) is 1.61. The van der Waals surface area contributed by atoms with Crippen molar-refractivity contribution in [2.24, 2.45) is 5.41 Å². The Labute approximate surface area is 76.1 Å². The van der Waals surface area contributed by atoms with Crippen molar-refractivity contribution < 1.29 is 37.4 Å². The molecule has 0 bridgehead atoms. The number of rotatable bonds is 1. The third kappa shape index (κ3) is 1.78. The van der Waals surface area contributed by atoms with Gasteiger partial charge in [-0.15, -0.1) is 5.41 Å². The molecule has 45 valence electrons. The van der Waals surface area contributed by atoms with Gasteiger partial charge >= 0.3 is 0 Å². The van der Waals surface area contributed by atoms with Crippen LogP contribution >= 0.6 is 0 Å². The molecule has 1 heterocycles. The van der Waals surface area contributed by atoms with Crippen molar-refractivity contribution in [3.05, 3.63) is 6.92 Å². The number of ether oxygens (including phenoxy) is 1. The Morgan fingerprint density at radius 3 is 2.12 bits per heavy atom. The Morgan fingerprint density at radius 1 is 1.62 bits per heavy atom. The van der Waals surface area contributed by atoms with E-state index in [-0.39, 0.29) is 32.7 Å². The standard InChI is InChI=1S/C6H11O.Y/c1-3-6(2)4-7-5-6;/h2-5H2,1H3;/q-1;. The third-order valence-electron chi connectivity index (χ3n) is 1.57. The minimum absolute atomic E-state index is 0. The molecule has 0 aromatic rings. The average molecular weight is 188 g/mol. The first kappa shape index (κ1) is 9.06. The predicted molar refractivity (Wildman–Crippen MR) is 28.9 cm³/mol. The van der Waals surface area contributed by atoms with Crippen LogP contribution in [0.25, 0.3) is 0 Å². The van der Waals surface area contributed by atoms with Gasteiger partial charge in [-0.2, -0.15) is 0 Å². The maximum Gasteiger partial charge on any atom is 0.0268 e. The van der Waals surface area contributed by atoms with Crippen LogP contribution in [0.1, 0.15) is 13.3 Å². The molecule has 8 heavy (non-hydrogen) atoms. The smallest absolute Gasteiger partial charge is 0.0268 e. The molecule has 1 fully saturated rings. The van der Waals surface area contributed by atoms with Crippen molar-refractivity contribution >= 4 is 0 Å². The second-order valence-electron chi connectivity index (χ2n) is 2.35. The van der Waals surface area contributed by atoms with E-state index in [1.54, 1.807) is 0 Å². The normalized spacial score (nSPS) is 23.2. The van der Waals surface area contributed by atoms with Gasteiger partial charge in [0.05, 0.1) is 0 Å². The van der Waals surface area contributed by atoms with Gasteiger partial charge in [-0.25, -0.2) is 0 Å². The number of hydrogen-bond donors (Lipinski definition) is 0. The molecule has 0 amide bonds. The van der Waals surface area contributed by atoms with E-state index in [9.17, 15) is 0 Å². The van der Waals surface area contributed by atoms with Crippen LogP contribution in [-0.2, 0) is 37.4 Å². The van der Waals surface area contributed by atoms with Gasteiger partial charge in [0.2, 0.25) is 0 Å². The zero-order valence-corrected chi connectivity index (χ0v) is 8.15. The first-order valence-electron chi connectivity index (χ1n) is 2.70. The van der Waals surface area contributed by atoms with Crippen LogP contribution in [0.5, 0.6) is 0 Å². The van der Waals surface area contributed by atoms with E-state index in [4.69, 9.17) is 4.74 Å². The Bertz CT molecular complexity index is 63.4. The second kappa shape index (κ2) is 3.29. The summed E-state index contributed by atoms with van der Waals surface area (Å²) in [6.07, 6.45) is 1.15. The van der Waals surface area contributed by atoms with Crippen LogP contribution in [0, 0.1) is 12.3 Å². The van der Waals surface area contributed by atoms with Crippen LogP contribution in [0.4, 0.5) is 0 Å². The van der Waals surface area contributed by atoms with Crippen LogP contribution in [-0.4, -0.2) is 13.2 Å². The molecule has 0 aromatic heterocycles. The fourth-order valence-corrected chi connectivity index (χ4v) is 0.595. The zero-order chi connectivity index (χ0) is 5.33. The van der Waals surface area contributed by atoms with E-state index >= 15 is 0 Å². The summed E-state index contributed by atoms with van der Waals surface area (Å²) in [7, 11) is 0.